The molecule has 102 valence electrons. The summed E-state index contributed by atoms with van der Waals surface area (Å²) < 4.78 is 0. The number of aryl methyl sites for hydroxylation is 2. The molecule has 1 atom stereocenters. The Hall–Kier alpha value is -0.410. The fourth-order valence-electron chi connectivity index (χ4n) is 2.52. The summed E-state index contributed by atoms with van der Waals surface area (Å²) in [5.74, 6) is 0. The minimum Gasteiger partial charge on any atom is -0.305 e. The highest BCUT2D eigenvalue weighted by atomic mass is 32.1. The lowest BCUT2D eigenvalue weighted by atomic mass is 9.86. The Morgan fingerprint density at radius 2 is 1.83 bits per heavy atom. The van der Waals surface area contributed by atoms with Crippen molar-refractivity contribution in [2.45, 2.75) is 72.4 Å². The van der Waals surface area contributed by atoms with Crippen LogP contribution in [0.2, 0.25) is 0 Å². The fraction of sp³-hybridized carbons (Fsp3) is 0.800. The molecule has 1 aliphatic rings. The van der Waals surface area contributed by atoms with Gasteiger partial charge >= 0.3 is 0 Å². The van der Waals surface area contributed by atoms with E-state index in [0.29, 0.717) is 12.1 Å². The van der Waals surface area contributed by atoms with Crippen molar-refractivity contribution in [3.63, 3.8) is 0 Å². The monoisotopic (exact) mass is 266 g/mol. The number of fused-ring (bicyclic) bond motifs is 1. The molecule has 1 unspecified atom stereocenters. The molecule has 2 nitrogen and oxygen atoms in total. The van der Waals surface area contributed by atoms with Gasteiger partial charge < -0.3 is 5.32 Å². The molecule has 3 heteroatoms. The number of aromatic nitrogens is 1. The lowest BCUT2D eigenvalue weighted by Gasteiger charge is -2.31. The van der Waals surface area contributed by atoms with Crippen molar-refractivity contribution in [1.29, 1.82) is 0 Å². The van der Waals surface area contributed by atoms with E-state index in [1.54, 1.807) is 0 Å². The van der Waals surface area contributed by atoms with Crippen LogP contribution in [-0.2, 0) is 12.8 Å². The van der Waals surface area contributed by atoms with Crippen molar-refractivity contribution in [2.24, 2.45) is 5.41 Å². The Kier molecular flexibility index (Phi) is 4.12. The van der Waals surface area contributed by atoms with E-state index in [1.165, 1.54) is 41.3 Å². The van der Waals surface area contributed by atoms with E-state index >= 15 is 0 Å². The molecular formula is C15H26N2S. The van der Waals surface area contributed by atoms with Gasteiger partial charge in [-0.05, 0) is 31.1 Å². The molecule has 1 N–H and O–H groups in total. The molecule has 0 amide bonds. The molecular weight excluding hydrogens is 240 g/mol. The van der Waals surface area contributed by atoms with Gasteiger partial charge in [0.15, 0.2) is 0 Å². The maximum Gasteiger partial charge on any atom is 0.111 e. The van der Waals surface area contributed by atoms with Crippen LogP contribution in [0, 0.1) is 5.41 Å². The van der Waals surface area contributed by atoms with Crippen molar-refractivity contribution in [3.8, 4) is 0 Å². The van der Waals surface area contributed by atoms with Gasteiger partial charge in [0.25, 0.3) is 0 Å². The Morgan fingerprint density at radius 1 is 1.17 bits per heavy atom. The minimum absolute atomic E-state index is 0.213. The Balaban J connectivity index is 2.27. The van der Waals surface area contributed by atoms with Gasteiger partial charge in [0, 0.05) is 10.9 Å². The molecule has 0 aromatic carbocycles. The third kappa shape index (κ3) is 3.12. The molecule has 1 aromatic heterocycles. The molecule has 0 fully saturated rings. The number of nitrogens with zero attached hydrogens (tertiary/aromatic N) is 1. The van der Waals surface area contributed by atoms with E-state index in [1.807, 2.05) is 11.3 Å². The van der Waals surface area contributed by atoms with Gasteiger partial charge in [-0.15, -0.1) is 11.3 Å². The first-order valence-electron chi connectivity index (χ1n) is 7.12. The van der Waals surface area contributed by atoms with Crippen molar-refractivity contribution in [1.82, 2.24) is 10.3 Å². The van der Waals surface area contributed by atoms with Gasteiger partial charge in [-0.1, -0.05) is 34.6 Å². The maximum absolute atomic E-state index is 4.93. The summed E-state index contributed by atoms with van der Waals surface area (Å²) in [4.78, 5) is 6.46. The van der Waals surface area contributed by atoms with Crippen LogP contribution in [0.1, 0.15) is 69.1 Å². The quantitative estimate of drug-likeness (QED) is 0.890. The molecule has 2 rings (SSSR count). The van der Waals surface area contributed by atoms with Gasteiger partial charge in [0.1, 0.15) is 5.01 Å². The minimum atomic E-state index is 0.213. The van der Waals surface area contributed by atoms with Crippen LogP contribution in [0.25, 0.3) is 0 Å². The summed E-state index contributed by atoms with van der Waals surface area (Å²) in [6, 6.07) is 0.864. The average molecular weight is 266 g/mol. The van der Waals surface area contributed by atoms with E-state index in [0.717, 1.165) is 0 Å². The number of rotatable bonds is 3. The lowest BCUT2D eigenvalue weighted by molar-refractivity contribution is 0.257. The standard InChI is InChI=1S/C15H26N2S/c1-10(2)16-13(15(3,4)5)14-17-11-8-6-7-9-12(11)18-14/h10,13,16H,6-9H2,1-5H3. The first-order valence-corrected chi connectivity index (χ1v) is 7.94. The summed E-state index contributed by atoms with van der Waals surface area (Å²) in [7, 11) is 0. The molecule has 0 bridgehead atoms. The SMILES string of the molecule is CC(C)NC(c1nc2c(s1)CCCC2)C(C)(C)C. The molecule has 1 aliphatic carbocycles. The second-order valence-corrected chi connectivity index (χ2v) is 7.86. The van der Waals surface area contributed by atoms with Gasteiger partial charge in [0.2, 0.25) is 0 Å². The summed E-state index contributed by atoms with van der Waals surface area (Å²) in [6.07, 6.45) is 5.08. The molecule has 1 heterocycles. The zero-order chi connectivity index (χ0) is 13.3. The number of hydrogen-bond acceptors (Lipinski definition) is 3. The van der Waals surface area contributed by atoms with Gasteiger partial charge in [-0.25, -0.2) is 4.98 Å². The number of thiazole rings is 1. The summed E-state index contributed by atoms with van der Waals surface area (Å²) in [5.41, 5.74) is 1.59. The van der Waals surface area contributed by atoms with E-state index in [-0.39, 0.29) is 5.41 Å². The molecule has 0 aliphatic heterocycles. The predicted molar refractivity (Wildman–Crippen MR) is 79.2 cm³/mol. The highest BCUT2D eigenvalue weighted by Gasteiger charge is 2.30. The van der Waals surface area contributed by atoms with Crippen LogP contribution in [0.3, 0.4) is 0 Å². The lowest BCUT2D eigenvalue weighted by Crippen LogP contribution is -2.36. The zero-order valence-electron chi connectivity index (χ0n) is 12.3. The molecule has 0 radical (unpaired) electrons. The fourth-order valence-corrected chi connectivity index (χ4v) is 3.98. The van der Waals surface area contributed by atoms with Crippen LogP contribution in [0.15, 0.2) is 0 Å². The van der Waals surface area contributed by atoms with Crippen LogP contribution in [-0.4, -0.2) is 11.0 Å². The van der Waals surface area contributed by atoms with Crippen molar-refractivity contribution in [3.05, 3.63) is 15.6 Å². The largest absolute Gasteiger partial charge is 0.305 e. The average Bonchev–Trinajstić information content (AvgIpc) is 2.67. The van der Waals surface area contributed by atoms with Crippen LogP contribution in [0.4, 0.5) is 0 Å². The summed E-state index contributed by atoms with van der Waals surface area (Å²) >= 11 is 1.94. The molecule has 1 aromatic rings. The van der Waals surface area contributed by atoms with Gasteiger partial charge in [0.05, 0.1) is 11.7 Å². The first kappa shape index (κ1) is 14.0. The topological polar surface area (TPSA) is 24.9 Å². The van der Waals surface area contributed by atoms with E-state index < -0.39 is 0 Å². The third-order valence-electron chi connectivity index (χ3n) is 3.48. The number of hydrogen-bond donors (Lipinski definition) is 1. The molecule has 0 saturated heterocycles. The normalized spacial score (nSPS) is 17.9. The van der Waals surface area contributed by atoms with E-state index in [2.05, 4.69) is 39.9 Å². The van der Waals surface area contributed by atoms with Crippen LogP contribution < -0.4 is 5.32 Å². The highest BCUT2D eigenvalue weighted by molar-refractivity contribution is 7.11. The molecule has 0 spiro atoms. The molecule has 0 saturated carbocycles. The highest BCUT2D eigenvalue weighted by Crippen LogP contribution is 2.38. The predicted octanol–water partition coefficient (Wildman–Crippen LogP) is 4.11. The number of nitrogens with one attached hydrogen (secondary N) is 1. The van der Waals surface area contributed by atoms with Crippen molar-refractivity contribution in [2.75, 3.05) is 0 Å². The summed E-state index contributed by atoms with van der Waals surface area (Å²) in [6.45, 7) is 11.3. The zero-order valence-corrected chi connectivity index (χ0v) is 13.2. The second kappa shape index (κ2) is 5.30. The van der Waals surface area contributed by atoms with Crippen molar-refractivity contribution >= 4 is 11.3 Å². The van der Waals surface area contributed by atoms with Gasteiger partial charge in [-0.2, -0.15) is 0 Å². The van der Waals surface area contributed by atoms with E-state index in [9.17, 15) is 0 Å². The summed E-state index contributed by atoms with van der Waals surface area (Å²) in [5, 5.41) is 4.99. The third-order valence-corrected chi connectivity index (χ3v) is 4.70. The first-order chi connectivity index (χ1) is 8.38. The smallest absolute Gasteiger partial charge is 0.111 e. The van der Waals surface area contributed by atoms with Crippen LogP contribution >= 0.6 is 11.3 Å². The van der Waals surface area contributed by atoms with E-state index in [4.69, 9.17) is 4.98 Å². The Labute approximate surface area is 115 Å². The Bertz CT molecular complexity index is 378. The van der Waals surface area contributed by atoms with Crippen LogP contribution in [0.5, 0.6) is 0 Å². The second-order valence-electron chi connectivity index (χ2n) is 6.75. The molecule has 18 heavy (non-hydrogen) atoms. The Morgan fingerprint density at radius 3 is 2.39 bits per heavy atom. The van der Waals surface area contributed by atoms with Gasteiger partial charge in [-0.3, -0.25) is 0 Å². The van der Waals surface area contributed by atoms with Crippen molar-refractivity contribution < 1.29 is 0 Å². The maximum atomic E-state index is 4.93.